The van der Waals surface area contributed by atoms with Crippen LogP contribution in [-0.4, -0.2) is 81.7 Å². The molecular weight excluding hydrogens is 493 g/mol. The second kappa shape index (κ2) is 25.0. The first-order valence-corrected chi connectivity index (χ1v) is 16.2. The molecule has 0 amide bonds. The third kappa shape index (κ3) is 26.0. The minimum Gasteiger partial charge on any atom is -0.870 e. The van der Waals surface area contributed by atoms with Crippen LogP contribution < -0.4 is 0 Å². The highest BCUT2D eigenvalue weighted by Gasteiger charge is 2.27. The molecule has 0 saturated heterocycles. The molecule has 0 aliphatic rings. The summed E-state index contributed by atoms with van der Waals surface area (Å²) < 4.78 is 34.0. The highest BCUT2D eigenvalue weighted by Crippen LogP contribution is 2.43. The fourth-order valence-electron chi connectivity index (χ4n) is 3.79. The number of ether oxygens (including phenoxy) is 2. The van der Waals surface area contributed by atoms with E-state index in [1.54, 1.807) is 7.11 Å². The van der Waals surface area contributed by atoms with E-state index in [1.165, 1.54) is 96.3 Å². The van der Waals surface area contributed by atoms with Crippen LogP contribution in [0.5, 0.6) is 0 Å². The van der Waals surface area contributed by atoms with Gasteiger partial charge in [0.05, 0.1) is 34.4 Å². The Morgan fingerprint density at radius 2 is 1.11 bits per heavy atom. The van der Waals surface area contributed by atoms with Crippen LogP contribution in [0.15, 0.2) is 0 Å². The summed E-state index contributed by atoms with van der Waals surface area (Å²) >= 11 is 0. The molecule has 0 bridgehead atoms. The minimum atomic E-state index is -4.11. The topological polar surface area (TPSA) is 104 Å². The predicted molar refractivity (Wildman–Crippen MR) is 152 cm³/mol. The molecule has 0 aromatic rings. The molecule has 37 heavy (non-hydrogen) atoms. The molecule has 0 rings (SSSR count). The van der Waals surface area contributed by atoms with Crippen molar-refractivity contribution < 1.29 is 37.9 Å². The monoisotopic (exact) mass is 555 g/mol. The van der Waals surface area contributed by atoms with E-state index in [4.69, 9.17) is 18.5 Å². The van der Waals surface area contributed by atoms with Gasteiger partial charge in [0.1, 0.15) is 18.8 Å². The normalized spacial score (nSPS) is 15.2. The van der Waals surface area contributed by atoms with Gasteiger partial charge in [-0.15, -0.1) is 0 Å². The molecule has 0 spiro atoms. The van der Waals surface area contributed by atoms with Crippen molar-refractivity contribution in [3.05, 3.63) is 0 Å². The predicted octanol–water partition coefficient (Wildman–Crippen LogP) is 7.33. The fraction of sp³-hybridized carbons (Fsp3) is 1.00. The SMILES string of the molecule is CCCCCCCCCCCCCCCCCCOC[C@H](COP(=O)(O)OC[C@H](C)[N+](C)(C)C)OC.[OH-]. The molecule has 8 nitrogen and oxygen atoms in total. The summed E-state index contributed by atoms with van der Waals surface area (Å²) in [7, 11) is 3.47. The highest BCUT2D eigenvalue weighted by molar-refractivity contribution is 7.47. The van der Waals surface area contributed by atoms with Crippen molar-refractivity contribution in [2.75, 3.05) is 54.7 Å². The number of hydrogen-bond donors (Lipinski definition) is 1. The average Bonchev–Trinajstić information content (AvgIpc) is 2.83. The van der Waals surface area contributed by atoms with Crippen molar-refractivity contribution in [1.29, 1.82) is 0 Å². The van der Waals surface area contributed by atoms with E-state index in [1.807, 2.05) is 28.1 Å². The molecule has 1 unspecified atom stereocenters. The van der Waals surface area contributed by atoms with Crippen LogP contribution in [0.3, 0.4) is 0 Å². The molecule has 0 aromatic carbocycles. The summed E-state index contributed by atoms with van der Waals surface area (Å²) in [6.45, 7) is 5.35. The Balaban J connectivity index is 0. The second-order valence-corrected chi connectivity index (χ2v) is 12.7. The average molecular weight is 556 g/mol. The van der Waals surface area contributed by atoms with Crippen molar-refractivity contribution in [1.82, 2.24) is 0 Å². The number of phosphoric ester groups is 1. The van der Waals surface area contributed by atoms with Crippen LogP contribution >= 0.6 is 7.82 Å². The number of nitrogens with zero attached hydrogens (tertiary/aromatic N) is 1. The van der Waals surface area contributed by atoms with Crippen molar-refractivity contribution in [2.45, 2.75) is 129 Å². The van der Waals surface area contributed by atoms with Crippen LogP contribution in [-0.2, 0) is 23.1 Å². The number of hydrogen-bond acceptors (Lipinski definition) is 6. The molecule has 0 fully saturated rings. The van der Waals surface area contributed by atoms with E-state index in [-0.39, 0.29) is 24.7 Å². The molecule has 9 heteroatoms. The summed E-state index contributed by atoms with van der Waals surface area (Å²) in [5.41, 5.74) is 0. The summed E-state index contributed by atoms with van der Waals surface area (Å²) in [6, 6.07) is 0.0651. The van der Waals surface area contributed by atoms with Gasteiger partial charge in [-0.2, -0.15) is 0 Å². The lowest BCUT2D eigenvalue weighted by molar-refractivity contribution is -0.894. The zero-order chi connectivity index (χ0) is 27.1. The van der Waals surface area contributed by atoms with Gasteiger partial charge in [0, 0.05) is 13.7 Å². The van der Waals surface area contributed by atoms with E-state index in [0.29, 0.717) is 17.7 Å². The lowest BCUT2D eigenvalue weighted by Crippen LogP contribution is -2.45. The number of unbranched alkanes of at least 4 members (excludes halogenated alkanes) is 15. The Bertz CT molecular complexity index is 531. The van der Waals surface area contributed by atoms with E-state index in [9.17, 15) is 9.46 Å². The lowest BCUT2D eigenvalue weighted by atomic mass is 10.0. The fourth-order valence-corrected chi connectivity index (χ4v) is 4.62. The first kappa shape index (κ1) is 39.1. The van der Waals surface area contributed by atoms with Gasteiger partial charge in [-0.1, -0.05) is 103 Å². The Morgan fingerprint density at radius 1 is 0.703 bits per heavy atom. The van der Waals surface area contributed by atoms with Crippen LogP contribution in [0.2, 0.25) is 0 Å². The molecular formula is C28H62NO7P. The molecule has 0 heterocycles. The number of methoxy groups -OCH3 is 1. The molecule has 3 atom stereocenters. The molecule has 2 N–H and O–H groups in total. The van der Waals surface area contributed by atoms with Crippen LogP contribution in [0, 0.1) is 0 Å². The van der Waals surface area contributed by atoms with Crippen molar-refractivity contribution >= 4 is 7.82 Å². The van der Waals surface area contributed by atoms with Gasteiger partial charge >= 0.3 is 7.82 Å². The van der Waals surface area contributed by atoms with Gasteiger partial charge in [-0.25, -0.2) is 4.57 Å². The van der Waals surface area contributed by atoms with Crippen LogP contribution in [0.4, 0.5) is 0 Å². The molecule has 0 radical (unpaired) electrons. The van der Waals surface area contributed by atoms with Crippen molar-refractivity contribution in [3.8, 4) is 0 Å². The Labute approximate surface area is 229 Å². The third-order valence-electron chi connectivity index (χ3n) is 7.00. The second-order valence-electron chi connectivity index (χ2n) is 11.3. The Kier molecular flexibility index (Phi) is 26.4. The number of likely N-dealkylation sites (N-methyl/N-ethyl adjacent to an activating group) is 1. The standard InChI is InChI=1S/C28H60NO6P.H2O/c1-7-8-9-10-11-12-13-14-15-16-17-18-19-20-21-22-23-33-25-28(32-6)26-35-36(30,31)34-24-27(2)29(3,4)5;/h27-28H,7-26H2,1-6H3;1H2/t27-,28+;/m0./s1. The van der Waals surface area contributed by atoms with E-state index < -0.39 is 13.9 Å². The largest absolute Gasteiger partial charge is 0.870 e. The van der Waals surface area contributed by atoms with Gasteiger partial charge in [0.15, 0.2) is 0 Å². The maximum atomic E-state index is 12.1. The highest BCUT2D eigenvalue weighted by atomic mass is 31.2. The zero-order valence-corrected chi connectivity index (χ0v) is 26.0. The smallest absolute Gasteiger partial charge is 0.472 e. The van der Waals surface area contributed by atoms with Gasteiger partial charge in [0.2, 0.25) is 0 Å². The zero-order valence-electron chi connectivity index (χ0n) is 25.1. The first-order chi connectivity index (χ1) is 17.1. The minimum absolute atomic E-state index is 0. The maximum Gasteiger partial charge on any atom is 0.472 e. The molecule has 0 aromatic heterocycles. The Hall–Kier alpha value is -0.0500. The van der Waals surface area contributed by atoms with E-state index >= 15 is 0 Å². The van der Waals surface area contributed by atoms with Gasteiger partial charge in [0.25, 0.3) is 0 Å². The quantitative estimate of drug-likeness (QED) is 0.0643. The number of rotatable bonds is 27. The number of phosphoric acid groups is 1. The van der Waals surface area contributed by atoms with Gasteiger partial charge in [-0.05, 0) is 13.3 Å². The third-order valence-corrected chi connectivity index (χ3v) is 7.95. The Morgan fingerprint density at radius 3 is 1.51 bits per heavy atom. The van der Waals surface area contributed by atoms with Crippen LogP contribution in [0.1, 0.15) is 117 Å². The lowest BCUT2D eigenvalue weighted by Gasteiger charge is -2.31. The van der Waals surface area contributed by atoms with Crippen molar-refractivity contribution in [2.24, 2.45) is 0 Å². The van der Waals surface area contributed by atoms with Crippen molar-refractivity contribution in [3.63, 3.8) is 0 Å². The van der Waals surface area contributed by atoms with Crippen LogP contribution in [0.25, 0.3) is 0 Å². The first-order valence-electron chi connectivity index (χ1n) is 14.7. The van der Waals surface area contributed by atoms with Gasteiger partial charge < -0.3 is 24.3 Å². The molecule has 226 valence electrons. The van der Waals surface area contributed by atoms with Gasteiger partial charge in [-0.3, -0.25) is 9.05 Å². The summed E-state index contributed by atoms with van der Waals surface area (Å²) in [5, 5.41) is 0. The summed E-state index contributed by atoms with van der Waals surface area (Å²) in [4.78, 5) is 9.91. The summed E-state index contributed by atoms with van der Waals surface area (Å²) in [6.07, 6.45) is 21.2. The van der Waals surface area contributed by atoms with E-state index in [0.717, 1.165) is 6.42 Å². The molecule has 0 aliphatic carbocycles. The molecule has 0 saturated carbocycles. The number of quaternary nitrogens is 1. The summed E-state index contributed by atoms with van der Waals surface area (Å²) in [5.74, 6) is 0. The maximum absolute atomic E-state index is 12.1. The molecule has 0 aliphatic heterocycles. The van der Waals surface area contributed by atoms with E-state index in [2.05, 4.69) is 6.92 Å².